The van der Waals surface area contributed by atoms with Gasteiger partial charge in [-0.1, -0.05) is 13.8 Å². The molecule has 4 nitrogen and oxygen atoms in total. The average Bonchev–Trinajstić information content (AvgIpc) is 2.34. The number of hydrogen-bond donors (Lipinski definition) is 0. The zero-order chi connectivity index (χ0) is 14.9. The molecule has 0 spiro atoms. The van der Waals surface area contributed by atoms with E-state index in [2.05, 4.69) is 18.8 Å². The van der Waals surface area contributed by atoms with Gasteiger partial charge in [-0.25, -0.2) is 9.79 Å². The van der Waals surface area contributed by atoms with Crippen molar-refractivity contribution in [1.82, 2.24) is 0 Å². The molecule has 4 aliphatic rings. The summed E-state index contributed by atoms with van der Waals surface area (Å²) >= 11 is 0. The van der Waals surface area contributed by atoms with Crippen LogP contribution >= 0.6 is 0 Å². The van der Waals surface area contributed by atoms with Crippen molar-refractivity contribution < 1.29 is 14.3 Å². The number of nitrogens with zero attached hydrogens (tertiary/aromatic N) is 1. The lowest BCUT2D eigenvalue weighted by Crippen LogP contribution is -2.67. The quantitative estimate of drug-likeness (QED) is 0.546. The molecule has 3 atom stereocenters. The van der Waals surface area contributed by atoms with Crippen molar-refractivity contribution in [3.63, 3.8) is 0 Å². The fourth-order valence-corrected chi connectivity index (χ4v) is 4.05. The van der Waals surface area contributed by atoms with Gasteiger partial charge in [-0.15, -0.1) is 0 Å². The molecule has 0 saturated heterocycles. The predicted molar refractivity (Wildman–Crippen MR) is 75.3 cm³/mol. The second kappa shape index (κ2) is 3.80. The summed E-state index contributed by atoms with van der Waals surface area (Å²) in [6, 6.07) is 0. The van der Waals surface area contributed by atoms with Crippen molar-refractivity contribution >= 4 is 17.5 Å². The van der Waals surface area contributed by atoms with Gasteiger partial charge >= 0.3 is 5.97 Å². The fraction of sp³-hybridized carbons (Fsp3) is 0.688. The molecule has 2 bridgehead atoms. The lowest BCUT2D eigenvalue weighted by atomic mass is 9.43. The maximum Gasteiger partial charge on any atom is 0.358 e. The molecule has 3 saturated carbocycles. The van der Waals surface area contributed by atoms with Gasteiger partial charge in [0.05, 0.1) is 5.71 Å². The van der Waals surface area contributed by atoms with Crippen LogP contribution in [0.15, 0.2) is 16.3 Å². The Morgan fingerprint density at radius 1 is 1.30 bits per heavy atom. The Bertz CT molecular complexity index is 585. The van der Waals surface area contributed by atoms with Crippen molar-refractivity contribution in [2.24, 2.45) is 22.2 Å². The van der Waals surface area contributed by atoms with Crippen LogP contribution < -0.4 is 0 Å². The van der Waals surface area contributed by atoms with E-state index in [1.54, 1.807) is 6.92 Å². The summed E-state index contributed by atoms with van der Waals surface area (Å²) < 4.78 is 5.77. The highest BCUT2D eigenvalue weighted by Gasteiger charge is 2.65. The van der Waals surface area contributed by atoms with E-state index in [0.29, 0.717) is 17.4 Å². The average molecular weight is 275 g/mol. The van der Waals surface area contributed by atoms with E-state index in [4.69, 9.17) is 4.74 Å². The van der Waals surface area contributed by atoms with Crippen molar-refractivity contribution in [2.45, 2.75) is 53.1 Å². The van der Waals surface area contributed by atoms with Crippen LogP contribution in [0.3, 0.4) is 0 Å². The standard InChI is InChI=1S/C16H21NO3/c1-8(9(2)18)13-14(19)20-16(5)11-6-10(15(11,3)4)7-12(16)17-13/h10-11H,6-7H2,1-5H3/b13-8+/t10-,11-,16-/m1/s1. The highest BCUT2D eigenvalue weighted by atomic mass is 16.6. The van der Waals surface area contributed by atoms with E-state index < -0.39 is 11.6 Å². The van der Waals surface area contributed by atoms with E-state index in [9.17, 15) is 9.59 Å². The van der Waals surface area contributed by atoms with Crippen LogP contribution in [0, 0.1) is 17.3 Å². The summed E-state index contributed by atoms with van der Waals surface area (Å²) in [5.41, 5.74) is 1.14. The van der Waals surface area contributed by atoms with Gasteiger partial charge < -0.3 is 4.74 Å². The predicted octanol–water partition coefficient (Wildman–Crippen LogP) is 2.67. The number of Topliss-reactive ketones (excluding diaryl/α,β-unsaturated/α-hetero) is 1. The molecule has 20 heavy (non-hydrogen) atoms. The third kappa shape index (κ3) is 1.51. The van der Waals surface area contributed by atoms with Gasteiger partial charge in [-0.2, -0.15) is 0 Å². The minimum absolute atomic E-state index is 0.133. The molecule has 0 aromatic carbocycles. The largest absolute Gasteiger partial charge is 0.448 e. The van der Waals surface area contributed by atoms with E-state index in [0.717, 1.165) is 18.6 Å². The van der Waals surface area contributed by atoms with Crippen molar-refractivity contribution in [3.8, 4) is 0 Å². The molecule has 1 heterocycles. The lowest BCUT2D eigenvalue weighted by molar-refractivity contribution is -0.181. The first-order valence-corrected chi connectivity index (χ1v) is 7.21. The van der Waals surface area contributed by atoms with E-state index in [1.807, 2.05) is 6.92 Å². The first-order chi connectivity index (χ1) is 9.18. The molecular weight excluding hydrogens is 254 g/mol. The fourth-order valence-electron chi connectivity index (χ4n) is 4.05. The summed E-state index contributed by atoms with van der Waals surface area (Å²) in [7, 11) is 0. The van der Waals surface area contributed by atoms with Crippen LogP contribution in [-0.2, 0) is 14.3 Å². The minimum Gasteiger partial charge on any atom is -0.448 e. The molecular formula is C16H21NO3. The Morgan fingerprint density at radius 3 is 2.50 bits per heavy atom. The third-order valence-electron chi connectivity index (χ3n) is 5.78. The molecule has 0 aromatic heterocycles. The van der Waals surface area contributed by atoms with Gasteiger partial charge in [-0.3, -0.25) is 4.79 Å². The Balaban J connectivity index is 2.08. The van der Waals surface area contributed by atoms with Crippen molar-refractivity contribution in [1.29, 1.82) is 0 Å². The Labute approximate surface area is 119 Å². The van der Waals surface area contributed by atoms with Crippen LogP contribution in [-0.4, -0.2) is 23.1 Å². The summed E-state index contributed by atoms with van der Waals surface area (Å²) in [5.74, 6) is 0.349. The molecule has 108 valence electrons. The number of rotatable bonds is 1. The Hall–Kier alpha value is -1.45. The second-order valence-electron chi connectivity index (χ2n) is 7.10. The zero-order valence-corrected chi connectivity index (χ0v) is 12.7. The molecule has 0 aromatic rings. The summed E-state index contributed by atoms with van der Waals surface area (Å²) in [5, 5.41) is 0. The molecule has 1 aliphatic heterocycles. The molecule has 0 unspecified atom stereocenters. The number of ketones is 1. The molecule has 4 heteroatoms. The van der Waals surface area contributed by atoms with Gasteiger partial charge in [0.1, 0.15) is 0 Å². The highest BCUT2D eigenvalue weighted by molar-refractivity contribution is 6.09. The molecule has 3 fully saturated rings. The number of hydrogen-bond acceptors (Lipinski definition) is 4. The molecule has 0 radical (unpaired) electrons. The van der Waals surface area contributed by atoms with Crippen molar-refractivity contribution in [2.75, 3.05) is 0 Å². The van der Waals surface area contributed by atoms with Crippen LogP contribution in [0.1, 0.15) is 47.5 Å². The minimum atomic E-state index is -0.587. The first-order valence-electron chi connectivity index (χ1n) is 7.21. The van der Waals surface area contributed by atoms with Crippen LogP contribution in [0.25, 0.3) is 0 Å². The van der Waals surface area contributed by atoms with Crippen LogP contribution in [0.2, 0.25) is 0 Å². The Kier molecular flexibility index (Phi) is 2.57. The number of ether oxygens (including phenoxy) is 1. The monoisotopic (exact) mass is 275 g/mol. The number of allylic oxidation sites excluding steroid dienone is 1. The molecule has 0 N–H and O–H groups in total. The topological polar surface area (TPSA) is 55.7 Å². The van der Waals surface area contributed by atoms with E-state index in [-0.39, 0.29) is 16.9 Å². The van der Waals surface area contributed by atoms with Gasteiger partial charge in [-0.05, 0) is 44.9 Å². The maximum atomic E-state index is 12.2. The van der Waals surface area contributed by atoms with Gasteiger partial charge in [0.15, 0.2) is 17.1 Å². The first kappa shape index (κ1) is 13.5. The molecule has 0 amide bonds. The molecule has 3 aliphatic carbocycles. The van der Waals surface area contributed by atoms with Gasteiger partial charge in [0.25, 0.3) is 0 Å². The van der Waals surface area contributed by atoms with Crippen molar-refractivity contribution in [3.05, 3.63) is 11.3 Å². The highest BCUT2D eigenvalue weighted by Crippen LogP contribution is 2.63. The number of esters is 1. The van der Waals surface area contributed by atoms with E-state index >= 15 is 0 Å². The lowest BCUT2D eigenvalue weighted by Gasteiger charge is -2.64. The number of carbonyl (C=O) groups is 2. The van der Waals surface area contributed by atoms with Gasteiger partial charge in [0.2, 0.25) is 0 Å². The SMILES string of the molecule is CC(=O)/C(C)=C1/N=C2C[C@H]3C[C@H](C3(C)C)[C@@]2(C)OC1=O. The number of aliphatic imine (C=N–C) groups is 1. The Morgan fingerprint density at radius 2 is 1.95 bits per heavy atom. The third-order valence-corrected chi connectivity index (χ3v) is 5.78. The number of carbonyl (C=O) groups excluding carboxylic acids is 2. The molecule has 4 rings (SSSR count). The summed E-state index contributed by atoms with van der Waals surface area (Å²) in [6.45, 7) is 9.55. The van der Waals surface area contributed by atoms with Gasteiger partial charge in [0, 0.05) is 11.5 Å². The maximum absolute atomic E-state index is 12.2. The van der Waals surface area contributed by atoms with E-state index in [1.165, 1.54) is 6.92 Å². The van der Waals surface area contributed by atoms with Crippen LogP contribution in [0.4, 0.5) is 0 Å². The van der Waals surface area contributed by atoms with Crippen LogP contribution in [0.5, 0.6) is 0 Å². The summed E-state index contributed by atoms with van der Waals surface area (Å²) in [4.78, 5) is 28.2. The smallest absolute Gasteiger partial charge is 0.358 e. The zero-order valence-electron chi connectivity index (χ0n) is 12.7. The summed E-state index contributed by atoms with van der Waals surface area (Å²) in [6.07, 6.45) is 1.96. The normalized spacial score (nSPS) is 40.0. The second-order valence-corrected chi connectivity index (χ2v) is 7.10.